The average Bonchev–Trinajstić information content (AvgIpc) is 3.64. The fourth-order valence-corrected chi connectivity index (χ4v) is 5.82. The Morgan fingerprint density at radius 2 is 1.85 bits per heavy atom. The van der Waals surface area contributed by atoms with Gasteiger partial charge in [-0.3, -0.25) is 14.5 Å². The van der Waals surface area contributed by atoms with Gasteiger partial charge in [0.2, 0.25) is 5.78 Å². The van der Waals surface area contributed by atoms with E-state index in [0.717, 1.165) is 6.20 Å². The minimum Gasteiger partial charge on any atom is -0.485 e. The molecule has 0 saturated heterocycles. The van der Waals surface area contributed by atoms with Crippen LogP contribution in [0.1, 0.15) is 21.6 Å². The molecule has 6 rings (SSSR count). The van der Waals surface area contributed by atoms with Crippen molar-refractivity contribution in [3.63, 3.8) is 0 Å². The van der Waals surface area contributed by atoms with Crippen LogP contribution in [0.25, 0.3) is 16.6 Å². The van der Waals surface area contributed by atoms with E-state index in [4.69, 9.17) is 15.2 Å². The van der Waals surface area contributed by atoms with Gasteiger partial charge in [-0.05, 0) is 73.2 Å². The first-order valence-electron chi connectivity index (χ1n) is 13.9. The number of benzene rings is 3. The highest BCUT2D eigenvalue weighted by Gasteiger charge is 2.23. The van der Waals surface area contributed by atoms with Crippen molar-refractivity contribution >= 4 is 38.2 Å². The van der Waals surface area contributed by atoms with Crippen molar-refractivity contribution in [2.75, 3.05) is 17.1 Å². The first kappa shape index (κ1) is 31.2. The number of anilines is 2. The number of sulfonamides is 1. The van der Waals surface area contributed by atoms with Crippen molar-refractivity contribution in [1.29, 1.82) is 0 Å². The highest BCUT2D eigenvalue weighted by Crippen LogP contribution is 2.34. The lowest BCUT2D eigenvalue weighted by molar-refractivity contribution is 0.0823. The van der Waals surface area contributed by atoms with Gasteiger partial charge in [0, 0.05) is 23.3 Å². The van der Waals surface area contributed by atoms with E-state index < -0.39 is 34.7 Å². The van der Waals surface area contributed by atoms with Crippen molar-refractivity contribution in [1.82, 2.24) is 19.7 Å². The van der Waals surface area contributed by atoms with Crippen LogP contribution >= 0.6 is 0 Å². The topological polar surface area (TPSA) is 154 Å². The Hall–Kier alpha value is -5.83. The predicted octanol–water partition coefficient (Wildman–Crippen LogP) is 6.25. The summed E-state index contributed by atoms with van der Waals surface area (Å²) in [6.07, 6.45) is 1.01. The Bertz CT molecular complexity index is 2220. The number of ether oxygens (including phenoxy) is 2. The zero-order valence-electron chi connectivity index (χ0n) is 24.4. The quantitative estimate of drug-likeness (QED) is 0.138. The molecule has 0 bridgehead atoms. The smallest absolute Gasteiger partial charge is 0.272 e. The summed E-state index contributed by atoms with van der Waals surface area (Å²) >= 11 is 0. The molecule has 4 N–H and O–H groups in total. The molecule has 240 valence electrons. The Labute approximate surface area is 265 Å². The molecule has 0 saturated carbocycles. The van der Waals surface area contributed by atoms with E-state index in [2.05, 4.69) is 19.8 Å². The van der Waals surface area contributed by atoms with E-state index in [0.29, 0.717) is 27.9 Å². The summed E-state index contributed by atoms with van der Waals surface area (Å²) in [5.41, 5.74) is 7.91. The minimum atomic E-state index is -4.16. The summed E-state index contributed by atoms with van der Waals surface area (Å²) in [4.78, 5) is 20.2. The lowest BCUT2D eigenvalue weighted by atomic mass is 10.1. The molecular weight excluding hydrogens is 637 g/mol. The highest BCUT2D eigenvalue weighted by atomic mass is 32.2. The first-order chi connectivity index (χ1) is 22.5. The van der Waals surface area contributed by atoms with E-state index in [1.165, 1.54) is 59.5 Å². The number of aromatic amines is 1. The molecule has 0 unspecified atom stereocenters. The molecule has 0 radical (unpaired) electrons. The number of halogens is 3. The lowest BCUT2D eigenvalue weighted by Gasteiger charge is -2.14. The van der Waals surface area contributed by atoms with E-state index in [1.54, 1.807) is 37.3 Å². The van der Waals surface area contributed by atoms with Crippen molar-refractivity contribution in [2.45, 2.75) is 18.2 Å². The highest BCUT2D eigenvalue weighted by molar-refractivity contribution is 7.92. The molecule has 0 aliphatic heterocycles. The number of rotatable bonds is 11. The van der Waals surface area contributed by atoms with Crippen LogP contribution in [0, 0.1) is 12.7 Å². The monoisotopic (exact) mass is 662 g/mol. The maximum Gasteiger partial charge on any atom is 0.272 e. The number of H-pyrrole nitrogens is 1. The molecule has 0 atom stereocenters. The molecule has 0 aliphatic rings. The number of hydrogen-bond acceptors (Lipinski definition) is 8. The van der Waals surface area contributed by atoms with Crippen LogP contribution in [0.2, 0.25) is 0 Å². The number of nitrogens with one attached hydrogen (secondary N) is 2. The van der Waals surface area contributed by atoms with Gasteiger partial charge in [0.1, 0.15) is 28.8 Å². The third kappa shape index (κ3) is 6.46. The number of carbonyl (C=O) groups is 1. The van der Waals surface area contributed by atoms with Crippen LogP contribution in [-0.4, -0.2) is 47.0 Å². The first-order valence-corrected chi connectivity index (χ1v) is 15.4. The van der Waals surface area contributed by atoms with Gasteiger partial charge >= 0.3 is 0 Å². The summed E-state index contributed by atoms with van der Waals surface area (Å²) in [6, 6.07) is 17.8. The number of nitrogen functional groups attached to an aromatic ring is 1. The molecule has 3 heterocycles. The number of para-hydroxylation sites is 1. The van der Waals surface area contributed by atoms with Crippen molar-refractivity contribution in [3.05, 3.63) is 114 Å². The van der Waals surface area contributed by atoms with Crippen molar-refractivity contribution in [2.24, 2.45) is 0 Å². The van der Waals surface area contributed by atoms with Crippen LogP contribution < -0.4 is 19.9 Å². The SMILES string of the molecule is Cc1cc(Oc2ccccc2F)ccc1-n1ncc(C(=O)c2cc3cc(OCC(F)F)c(NS(=O)(=O)c4cccnc4)cc3[nH]2)c1N. The number of carbonyl (C=O) groups excluding carboxylic acids is 1. The van der Waals surface area contributed by atoms with Gasteiger partial charge in [0.15, 0.2) is 11.6 Å². The average molecular weight is 663 g/mol. The summed E-state index contributed by atoms with van der Waals surface area (Å²) < 4.78 is 80.6. The summed E-state index contributed by atoms with van der Waals surface area (Å²) in [5, 5.41) is 4.68. The summed E-state index contributed by atoms with van der Waals surface area (Å²) in [5.74, 6) is -0.732. The fraction of sp³-hybridized carbons (Fsp3) is 0.0938. The Balaban J connectivity index is 1.29. The van der Waals surface area contributed by atoms with Gasteiger partial charge in [-0.15, -0.1) is 0 Å². The standard InChI is InChI=1S/C32H25F3N6O5S/c1-18-11-20(46-28-7-3-2-6-23(28)33)8-9-27(18)41-32(36)22(16-38-41)31(42)26-12-19-13-29(45-17-30(34)35)25(14-24(19)39-26)40-47(43,44)21-5-4-10-37-15-21/h2-16,30,39-40H,17,36H2,1H3. The zero-order valence-corrected chi connectivity index (χ0v) is 25.3. The molecule has 47 heavy (non-hydrogen) atoms. The van der Waals surface area contributed by atoms with Gasteiger partial charge in [0.25, 0.3) is 16.4 Å². The molecule has 11 nitrogen and oxygen atoms in total. The van der Waals surface area contributed by atoms with Gasteiger partial charge in [-0.1, -0.05) is 12.1 Å². The number of pyridine rings is 1. The maximum absolute atomic E-state index is 14.0. The zero-order chi connectivity index (χ0) is 33.3. The predicted molar refractivity (Wildman–Crippen MR) is 167 cm³/mol. The fourth-order valence-electron chi connectivity index (χ4n) is 4.80. The number of fused-ring (bicyclic) bond motifs is 1. The number of hydrogen-bond donors (Lipinski definition) is 3. The van der Waals surface area contributed by atoms with Crippen molar-refractivity contribution < 1.29 is 35.9 Å². The molecule has 0 aliphatic carbocycles. The van der Waals surface area contributed by atoms with E-state index in [1.807, 2.05) is 0 Å². The van der Waals surface area contributed by atoms with Gasteiger partial charge < -0.3 is 20.2 Å². The molecule has 3 aromatic carbocycles. The second-order valence-electron chi connectivity index (χ2n) is 10.3. The molecule has 0 amide bonds. The van der Waals surface area contributed by atoms with Crippen LogP contribution in [0.5, 0.6) is 17.2 Å². The van der Waals surface area contributed by atoms with Crippen molar-refractivity contribution in [3.8, 4) is 22.9 Å². The Morgan fingerprint density at radius 3 is 2.57 bits per heavy atom. The van der Waals surface area contributed by atoms with Gasteiger partial charge in [-0.25, -0.2) is 26.3 Å². The number of aromatic nitrogens is 4. The Morgan fingerprint density at radius 1 is 1.04 bits per heavy atom. The molecule has 6 aromatic rings. The van der Waals surface area contributed by atoms with E-state index in [9.17, 15) is 26.4 Å². The molecule has 15 heteroatoms. The van der Waals surface area contributed by atoms with E-state index >= 15 is 0 Å². The summed E-state index contributed by atoms with van der Waals surface area (Å²) in [7, 11) is -4.16. The van der Waals surface area contributed by atoms with Gasteiger partial charge in [-0.2, -0.15) is 5.10 Å². The third-order valence-corrected chi connectivity index (χ3v) is 8.38. The number of ketones is 1. The summed E-state index contributed by atoms with van der Waals surface area (Å²) in [6.45, 7) is 0.784. The number of aryl methyl sites for hydroxylation is 1. The maximum atomic E-state index is 14.0. The third-order valence-electron chi connectivity index (χ3n) is 7.03. The molecule has 0 fully saturated rings. The van der Waals surface area contributed by atoms with Gasteiger partial charge in [0.05, 0.1) is 28.8 Å². The van der Waals surface area contributed by atoms with Crippen LogP contribution in [0.4, 0.5) is 24.7 Å². The molecular formula is C32H25F3N6O5S. The second kappa shape index (κ2) is 12.5. The normalized spacial score (nSPS) is 11.6. The minimum absolute atomic E-state index is 0.0328. The van der Waals surface area contributed by atoms with Crippen LogP contribution in [-0.2, 0) is 10.0 Å². The number of alkyl halides is 2. The molecule has 0 spiro atoms. The lowest BCUT2D eigenvalue weighted by Crippen LogP contribution is -2.15. The van der Waals surface area contributed by atoms with E-state index in [-0.39, 0.29) is 39.2 Å². The number of nitrogens with zero attached hydrogens (tertiary/aromatic N) is 3. The second-order valence-corrected chi connectivity index (χ2v) is 12.0. The largest absolute Gasteiger partial charge is 0.485 e. The Kier molecular flexibility index (Phi) is 8.30. The number of nitrogens with two attached hydrogens (primary N) is 1. The van der Waals surface area contributed by atoms with Crippen LogP contribution in [0.15, 0.2) is 96.3 Å². The molecule has 3 aromatic heterocycles. The van der Waals surface area contributed by atoms with Crippen LogP contribution in [0.3, 0.4) is 0 Å².